The Bertz CT molecular complexity index is 885. The van der Waals surface area contributed by atoms with Crippen LogP contribution in [-0.2, 0) is 14.3 Å². The van der Waals surface area contributed by atoms with E-state index >= 15 is 0 Å². The second-order valence-electron chi connectivity index (χ2n) is 5.79. The second-order valence-corrected chi connectivity index (χ2v) is 5.79. The van der Waals surface area contributed by atoms with Gasteiger partial charge in [-0.3, -0.25) is 0 Å². The molecule has 0 amide bonds. The van der Waals surface area contributed by atoms with Crippen molar-refractivity contribution >= 4 is 18.1 Å². The number of hydrogen-bond acceptors (Lipinski definition) is 3. The van der Waals surface area contributed by atoms with Crippen LogP contribution in [0.3, 0.4) is 0 Å². The molecule has 0 N–H and O–H groups in total. The molecule has 27 heavy (non-hydrogen) atoms. The fourth-order valence-corrected chi connectivity index (χ4v) is 2.46. The van der Waals surface area contributed by atoms with E-state index in [0.717, 1.165) is 16.7 Å². The summed E-state index contributed by atoms with van der Waals surface area (Å²) in [7, 11) is 0. The van der Waals surface area contributed by atoms with E-state index in [1.165, 1.54) is 12.5 Å². The van der Waals surface area contributed by atoms with E-state index in [4.69, 9.17) is 9.47 Å². The van der Waals surface area contributed by atoms with Gasteiger partial charge in [-0.15, -0.1) is 0 Å². The Morgan fingerprint density at radius 2 is 1.15 bits per heavy atom. The summed E-state index contributed by atoms with van der Waals surface area (Å²) in [5.41, 5.74) is 2.67. The van der Waals surface area contributed by atoms with E-state index < -0.39 is 12.1 Å². The third kappa shape index (κ3) is 5.72. The first kappa shape index (κ1) is 18.2. The molecule has 0 aliphatic rings. The molecule has 0 saturated carbocycles. The number of ether oxygens (including phenoxy) is 2. The van der Waals surface area contributed by atoms with Gasteiger partial charge in [0.05, 0.1) is 12.5 Å². The van der Waals surface area contributed by atoms with E-state index in [9.17, 15) is 4.79 Å². The summed E-state index contributed by atoms with van der Waals surface area (Å²) in [6, 6.07) is 28.7. The minimum atomic E-state index is -0.841. The quantitative estimate of drug-likeness (QED) is 0.406. The van der Waals surface area contributed by atoms with Crippen LogP contribution in [0.15, 0.2) is 104 Å². The highest BCUT2D eigenvalue weighted by Crippen LogP contribution is 2.20. The SMILES string of the molecule is O=C(OC=Cc1ccccc1)[C@H](OC=Cc1ccccc1)c1ccccc1. The van der Waals surface area contributed by atoms with Crippen LogP contribution in [-0.4, -0.2) is 5.97 Å². The molecular weight excluding hydrogens is 336 g/mol. The van der Waals surface area contributed by atoms with Crippen LogP contribution >= 0.6 is 0 Å². The number of rotatable bonds is 7. The lowest BCUT2D eigenvalue weighted by atomic mass is 10.1. The molecule has 0 aromatic heterocycles. The number of hydrogen-bond donors (Lipinski definition) is 0. The van der Waals surface area contributed by atoms with Crippen LogP contribution in [0.2, 0.25) is 0 Å². The Morgan fingerprint density at radius 1 is 0.667 bits per heavy atom. The average Bonchev–Trinajstić information content (AvgIpc) is 2.73. The zero-order valence-corrected chi connectivity index (χ0v) is 14.8. The molecule has 3 heteroatoms. The maximum absolute atomic E-state index is 12.5. The van der Waals surface area contributed by atoms with Gasteiger partial charge in [-0.25, -0.2) is 4.79 Å². The molecular formula is C24H20O3. The fourth-order valence-electron chi connectivity index (χ4n) is 2.46. The van der Waals surface area contributed by atoms with Crippen molar-refractivity contribution in [1.29, 1.82) is 0 Å². The third-order valence-corrected chi connectivity index (χ3v) is 3.84. The molecule has 0 unspecified atom stereocenters. The Labute approximate surface area is 159 Å². The summed E-state index contributed by atoms with van der Waals surface area (Å²) < 4.78 is 11.0. The molecule has 0 aliphatic carbocycles. The normalized spacial score (nSPS) is 12.1. The molecule has 0 aliphatic heterocycles. The van der Waals surface area contributed by atoms with Gasteiger partial charge in [0.25, 0.3) is 0 Å². The van der Waals surface area contributed by atoms with E-state index in [0.29, 0.717) is 0 Å². The largest absolute Gasteiger partial charge is 0.481 e. The molecule has 0 spiro atoms. The van der Waals surface area contributed by atoms with Gasteiger partial charge in [0.15, 0.2) is 0 Å². The molecule has 3 aromatic rings. The minimum Gasteiger partial charge on any atom is -0.481 e. The van der Waals surface area contributed by atoms with Gasteiger partial charge in [0.2, 0.25) is 6.10 Å². The Balaban J connectivity index is 1.69. The number of benzene rings is 3. The molecule has 3 aromatic carbocycles. The third-order valence-electron chi connectivity index (χ3n) is 3.84. The monoisotopic (exact) mass is 356 g/mol. The van der Waals surface area contributed by atoms with E-state index in [2.05, 4.69) is 0 Å². The standard InChI is InChI=1S/C24H20O3/c25-24(27-19-17-21-12-6-2-7-13-21)23(22-14-8-3-9-15-22)26-18-16-20-10-4-1-5-11-20/h1-19,23H/t23-/m1/s1. The minimum absolute atomic E-state index is 0.480. The first-order valence-corrected chi connectivity index (χ1v) is 8.67. The van der Waals surface area contributed by atoms with Gasteiger partial charge in [0, 0.05) is 5.56 Å². The summed E-state index contributed by atoms with van der Waals surface area (Å²) in [4.78, 5) is 12.5. The van der Waals surface area contributed by atoms with Crippen molar-refractivity contribution in [3.05, 3.63) is 120 Å². The first-order chi connectivity index (χ1) is 13.3. The molecule has 134 valence electrons. The average molecular weight is 356 g/mol. The van der Waals surface area contributed by atoms with E-state index in [1.54, 1.807) is 6.08 Å². The second kappa shape index (κ2) is 9.78. The molecule has 3 rings (SSSR count). The van der Waals surface area contributed by atoms with Crippen LogP contribution in [0.5, 0.6) is 0 Å². The van der Waals surface area contributed by atoms with Gasteiger partial charge in [-0.05, 0) is 23.3 Å². The van der Waals surface area contributed by atoms with E-state index in [-0.39, 0.29) is 0 Å². The summed E-state index contributed by atoms with van der Waals surface area (Å²) >= 11 is 0. The summed E-state index contributed by atoms with van der Waals surface area (Å²) in [5.74, 6) is -0.480. The first-order valence-electron chi connectivity index (χ1n) is 8.67. The Morgan fingerprint density at radius 3 is 1.70 bits per heavy atom. The molecule has 0 radical (unpaired) electrons. The summed E-state index contributed by atoms with van der Waals surface area (Å²) in [6.45, 7) is 0. The highest BCUT2D eigenvalue weighted by molar-refractivity contribution is 5.77. The van der Waals surface area contributed by atoms with Crippen LogP contribution < -0.4 is 0 Å². The zero-order valence-electron chi connectivity index (χ0n) is 14.8. The van der Waals surface area contributed by atoms with Crippen molar-refractivity contribution in [3.8, 4) is 0 Å². The topological polar surface area (TPSA) is 35.5 Å². The van der Waals surface area contributed by atoms with Crippen LogP contribution in [0, 0.1) is 0 Å². The lowest BCUT2D eigenvalue weighted by Gasteiger charge is -2.14. The van der Waals surface area contributed by atoms with Crippen LogP contribution in [0.25, 0.3) is 12.2 Å². The fraction of sp³-hybridized carbons (Fsp3) is 0.0417. The highest BCUT2D eigenvalue weighted by Gasteiger charge is 2.22. The van der Waals surface area contributed by atoms with Crippen molar-refractivity contribution in [1.82, 2.24) is 0 Å². The van der Waals surface area contributed by atoms with Crippen molar-refractivity contribution in [2.24, 2.45) is 0 Å². The molecule has 0 fully saturated rings. The lowest BCUT2D eigenvalue weighted by molar-refractivity contribution is -0.148. The van der Waals surface area contributed by atoms with Crippen molar-refractivity contribution in [2.75, 3.05) is 0 Å². The van der Waals surface area contributed by atoms with Crippen molar-refractivity contribution < 1.29 is 14.3 Å². The zero-order chi connectivity index (χ0) is 18.7. The predicted molar refractivity (Wildman–Crippen MR) is 107 cm³/mol. The molecule has 0 bridgehead atoms. The highest BCUT2D eigenvalue weighted by atomic mass is 16.6. The molecule has 3 nitrogen and oxygen atoms in total. The van der Waals surface area contributed by atoms with E-state index in [1.807, 2.05) is 97.1 Å². The van der Waals surface area contributed by atoms with Crippen LogP contribution in [0.1, 0.15) is 22.8 Å². The Kier molecular flexibility index (Phi) is 6.60. The number of carbonyl (C=O) groups excluding carboxylic acids is 1. The van der Waals surface area contributed by atoms with Gasteiger partial charge >= 0.3 is 5.97 Å². The smallest absolute Gasteiger partial charge is 0.356 e. The maximum Gasteiger partial charge on any atom is 0.356 e. The van der Waals surface area contributed by atoms with Gasteiger partial charge < -0.3 is 9.47 Å². The summed E-state index contributed by atoms with van der Waals surface area (Å²) in [5, 5.41) is 0. The predicted octanol–water partition coefficient (Wildman–Crippen LogP) is 5.63. The number of esters is 1. The number of carbonyl (C=O) groups is 1. The molecule has 0 heterocycles. The van der Waals surface area contributed by atoms with Gasteiger partial charge in [-0.2, -0.15) is 0 Å². The maximum atomic E-state index is 12.5. The van der Waals surface area contributed by atoms with Gasteiger partial charge in [-0.1, -0.05) is 91.0 Å². The van der Waals surface area contributed by atoms with Crippen LogP contribution in [0.4, 0.5) is 0 Å². The Hall–Kier alpha value is -3.59. The van der Waals surface area contributed by atoms with Crippen molar-refractivity contribution in [2.45, 2.75) is 6.10 Å². The lowest BCUT2D eigenvalue weighted by Crippen LogP contribution is -2.15. The van der Waals surface area contributed by atoms with Crippen molar-refractivity contribution in [3.63, 3.8) is 0 Å². The van der Waals surface area contributed by atoms with Gasteiger partial charge in [0.1, 0.15) is 0 Å². The summed E-state index contributed by atoms with van der Waals surface area (Å²) in [6.07, 6.45) is 5.61. The molecule has 1 atom stereocenters. The molecule has 0 saturated heterocycles.